The van der Waals surface area contributed by atoms with Gasteiger partial charge >= 0.3 is 0 Å². The van der Waals surface area contributed by atoms with E-state index in [0.29, 0.717) is 24.4 Å². The maximum absolute atomic E-state index is 12.1. The first-order valence-electron chi connectivity index (χ1n) is 7.92. The molecule has 0 aromatic carbocycles. The highest BCUT2D eigenvalue weighted by molar-refractivity contribution is 5.78. The maximum atomic E-state index is 12.1. The molecule has 0 radical (unpaired) electrons. The lowest BCUT2D eigenvalue weighted by Crippen LogP contribution is -2.42. The van der Waals surface area contributed by atoms with Gasteiger partial charge in [-0.3, -0.25) is 9.69 Å². The topological polar surface area (TPSA) is 52.6 Å². The van der Waals surface area contributed by atoms with Crippen molar-refractivity contribution in [3.8, 4) is 0 Å². The number of nitrogens with one attached hydrogen (secondary N) is 1. The molecule has 3 atom stereocenters. The van der Waals surface area contributed by atoms with Crippen molar-refractivity contribution in [1.82, 2.24) is 10.2 Å². The third kappa shape index (κ3) is 3.11. The number of carbonyl (C=O) groups excluding carboxylic acids is 1. The summed E-state index contributed by atoms with van der Waals surface area (Å²) in [5.74, 6) is 1.22. The number of fused-ring (bicyclic) bond motifs is 1. The van der Waals surface area contributed by atoms with Crippen molar-refractivity contribution in [2.45, 2.75) is 57.1 Å². The van der Waals surface area contributed by atoms with Gasteiger partial charge in [-0.15, -0.1) is 0 Å². The molecule has 4 nitrogen and oxygen atoms in total. The van der Waals surface area contributed by atoms with Crippen LogP contribution >= 0.6 is 0 Å². The molecule has 108 valence electrons. The number of rotatable bonds is 3. The minimum Gasteiger partial charge on any atom is -0.393 e. The van der Waals surface area contributed by atoms with Gasteiger partial charge in [-0.05, 0) is 31.6 Å². The van der Waals surface area contributed by atoms with Crippen molar-refractivity contribution in [1.29, 1.82) is 0 Å². The van der Waals surface area contributed by atoms with Crippen LogP contribution in [0.5, 0.6) is 0 Å². The van der Waals surface area contributed by atoms with Crippen LogP contribution in [0.4, 0.5) is 0 Å². The molecular formula is C15H26N2O2. The Kier molecular flexibility index (Phi) is 4.08. The Balaban J connectivity index is 1.43. The van der Waals surface area contributed by atoms with Crippen LogP contribution < -0.4 is 5.32 Å². The molecule has 1 amide bonds. The van der Waals surface area contributed by atoms with Crippen molar-refractivity contribution >= 4 is 5.91 Å². The van der Waals surface area contributed by atoms with Crippen LogP contribution in [0.25, 0.3) is 0 Å². The predicted molar refractivity (Wildman–Crippen MR) is 73.7 cm³/mol. The zero-order valence-corrected chi connectivity index (χ0v) is 11.7. The molecule has 0 spiro atoms. The van der Waals surface area contributed by atoms with Crippen LogP contribution in [-0.4, -0.2) is 47.7 Å². The third-order valence-electron chi connectivity index (χ3n) is 5.23. The number of nitrogens with zero attached hydrogens (tertiary/aromatic N) is 1. The summed E-state index contributed by atoms with van der Waals surface area (Å²) < 4.78 is 0. The van der Waals surface area contributed by atoms with Crippen LogP contribution in [0.2, 0.25) is 0 Å². The van der Waals surface area contributed by atoms with Gasteiger partial charge in [-0.25, -0.2) is 0 Å². The molecule has 2 saturated carbocycles. The van der Waals surface area contributed by atoms with Gasteiger partial charge in [0.2, 0.25) is 5.91 Å². The quantitative estimate of drug-likeness (QED) is 0.805. The molecule has 19 heavy (non-hydrogen) atoms. The molecule has 3 fully saturated rings. The molecule has 1 heterocycles. The average Bonchev–Trinajstić information content (AvgIpc) is 2.93. The number of hydrogen-bond donors (Lipinski definition) is 2. The van der Waals surface area contributed by atoms with E-state index in [1.807, 2.05) is 0 Å². The molecule has 0 aromatic heterocycles. The molecule has 1 aliphatic heterocycles. The lowest BCUT2D eigenvalue weighted by Gasteiger charge is -2.24. The van der Waals surface area contributed by atoms with Crippen LogP contribution in [0, 0.1) is 11.8 Å². The van der Waals surface area contributed by atoms with Crippen LogP contribution in [0.15, 0.2) is 0 Å². The highest BCUT2D eigenvalue weighted by Gasteiger charge is 2.42. The van der Waals surface area contributed by atoms with Gasteiger partial charge in [0, 0.05) is 25.0 Å². The summed E-state index contributed by atoms with van der Waals surface area (Å²) in [5.41, 5.74) is 0. The first kappa shape index (κ1) is 13.4. The van der Waals surface area contributed by atoms with E-state index in [1.54, 1.807) is 0 Å². The summed E-state index contributed by atoms with van der Waals surface area (Å²) in [6.07, 6.45) is 8.09. The van der Waals surface area contributed by atoms with E-state index in [-0.39, 0.29) is 12.0 Å². The smallest absolute Gasteiger partial charge is 0.234 e. The molecule has 3 unspecified atom stereocenters. The van der Waals surface area contributed by atoms with Gasteiger partial charge in [-0.2, -0.15) is 0 Å². The molecule has 3 rings (SSSR count). The second kappa shape index (κ2) is 5.80. The first-order valence-corrected chi connectivity index (χ1v) is 7.92. The van der Waals surface area contributed by atoms with Gasteiger partial charge in [0.05, 0.1) is 12.6 Å². The van der Waals surface area contributed by atoms with Gasteiger partial charge in [0.1, 0.15) is 0 Å². The Morgan fingerprint density at radius 2 is 1.89 bits per heavy atom. The van der Waals surface area contributed by atoms with E-state index in [9.17, 15) is 9.90 Å². The Labute approximate surface area is 115 Å². The molecule has 2 N–H and O–H groups in total. The Morgan fingerprint density at radius 1 is 1.11 bits per heavy atom. The molecule has 0 bridgehead atoms. The van der Waals surface area contributed by atoms with E-state index < -0.39 is 0 Å². The van der Waals surface area contributed by atoms with Crippen molar-refractivity contribution in [2.75, 3.05) is 19.6 Å². The minimum atomic E-state index is -0.128. The Morgan fingerprint density at radius 3 is 2.63 bits per heavy atom. The van der Waals surface area contributed by atoms with Gasteiger partial charge < -0.3 is 10.4 Å². The summed E-state index contributed by atoms with van der Waals surface area (Å²) in [4.78, 5) is 14.3. The Hall–Kier alpha value is -0.610. The number of aliphatic hydroxyl groups excluding tert-OH is 1. The Bertz CT molecular complexity index is 328. The fourth-order valence-corrected chi connectivity index (χ4v) is 4.18. The predicted octanol–water partition coefficient (Wildman–Crippen LogP) is 1.14. The van der Waals surface area contributed by atoms with E-state index in [2.05, 4.69) is 10.2 Å². The van der Waals surface area contributed by atoms with Crippen LogP contribution in [0.3, 0.4) is 0 Å². The fourth-order valence-electron chi connectivity index (χ4n) is 4.18. The summed E-state index contributed by atoms with van der Waals surface area (Å²) in [6, 6.07) is 0.411. The normalized spacial score (nSPS) is 36.4. The zero-order valence-electron chi connectivity index (χ0n) is 11.7. The van der Waals surface area contributed by atoms with Crippen molar-refractivity contribution in [3.63, 3.8) is 0 Å². The second-order valence-corrected chi connectivity index (χ2v) is 6.67. The molecule has 0 aromatic rings. The van der Waals surface area contributed by atoms with E-state index >= 15 is 0 Å². The number of carbonyl (C=O) groups is 1. The monoisotopic (exact) mass is 266 g/mol. The lowest BCUT2D eigenvalue weighted by molar-refractivity contribution is -0.123. The van der Waals surface area contributed by atoms with E-state index in [0.717, 1.165) is 38.8 Å². The molecular weight excluding hydrogens is 240 g/mol. The summed E-state index contributed by atoms with van der Waals surface area (Å²) in [5, 5.41) is 13.1. The standard InChI is InChI=1S/C15H26N2O2/c18-14-7-6-11-8-17(9-13(11)14)10-15(19)16-12-4-2-1-3-5-12/h11-14,18H,1-10H2,(H,16,19). The van der Waals surface area contributed by atoms with Crippen molar-refractivity contribution < 1.29 is 9.90 Å². The molecule has 2 aliphatic carbocycles. The van der Waals surface area contributed by atoms with E-state index in [4.69, 9.17) is 0 Å². The number of hydrogen-bond acceptors (Lipinski definition) is 3. The SMILES string of the molecule is O=C(CN1CC2CCC(O)C2C1)NC1CCCCC1. The summed E-state index contributed by atoms with van der Waals surface area (Å²) >= 11 is 0. The third-order valence-corrected chi connectivity index (χ3v) is 5.23. The van der Waals surface area contributed by atoms with Crippen molar-refractivity contribution in [2.24, 2.45) is 11.8 Å². The number of amides is 1. The average molecular weight is 266 g/mol. The maximum Gasteiger partial charge on any atom is 0.234 e. The molecule has 1 saturated heterocycles. The van der Waals surface area contributed by atoms with Crippen molar-refractivity contribution in [3.05, 3.63) is 0 Å². The highest BCUT2D eigenvalue weighted by atomic mass is 16.3. The number of likely N-dealkylation sites (tertiary alicyclic amines) is 1. The largest absolute Gasteiger partial charge is 0.393 e. The summed E-state index contributed by atoms with van der Waals surface area (Å²) in [6.45, 7) is 2.43. The van der Waals surface area contributed by atoms with Gasteiger partial charge in [-0.1, -0.05) is 19.3 Å². The highest BCUT2D eigenvalue weighted by Crippen LogP contribution is 2.37. The van der Waals surface area contributed by atoms with Crippen LogP contribution in [-0.2, 0) is 4.79 Å². The van der Waals surface area contributed by atoms with Crippen LogP contribution in [0.1, 0.15) is 44.9 Å². The lowest BCUT2D eigenvalue weighted by atomic mass is 9.95. The minimum absolute atomic E-state index is 0.128. The number of aliphatic hydroxyl groups is 1. The van der Waals surface area contributed by atoms with Gasteiger partial charge in [0.15, 0.2) is 0 Å². The molecule has 3 aliphatic rings. The fraction of sp³-hybridized carbons (Fsp3) is 0.933. The van der Waals surface area contributed by atoms with E-state index in [1.165, 1.54) is 19.3 Å². The first-order chi connectivity index (χ1) is 9.22. The van der Waals surface area contributed by atoms with Gasteiger partial charge in [0.25, 0.3) is 0 Å². The zero-order chi connectivity index (χ0) is 13.2. The summed E-state index contributed by atoms with van der Waals surface area (Å²) in [7, 11) is 0. The second-order valence-electron chi connectivity index (χ2n) is 6.67. The molecule has 4 heteroatoms.